The van der Waals surface area contributed by atoms with Gasteiger partial charge in [0.1, 0.15) is 5.60 Å². The number of Topliss-reactive ketones (excluding diaryl/α,β-unsaturated/α-hetero) is 1. The third-order valence-corrected chi connectivity index (χ3v) is 3.59. The fraction of sp³-hybridized carbons (Fsp3) is 0.467. The molecule has 0 atom stereocenters. The molecule has 0 bridgehead atoms. The Kier molecular flexibility index (Phi) is 4.00. The molecule has 0 saturated heterocycles. The Bertz CT molecular complexity index is 490. The number of aliphatic hydroxyl groups is 1. The first-order chi connectivity index (χ1) is 9.03. The molecule has 19 heavy (non-hydrogen) atoms. The summed E-state index contributed by atoms with van der Waals surface area (Å²) in [5.41, 5.74) is -0.409. The standard InChI is InChI=1S/C15H19NO3/c1-11(17)16-13-8-4-3-7-12(13)14(18)15(19)9-5-2-6-10-15/h3-4,7-8,19H,2,5-6,9-10H2,1H3,(H,16,17). The number of hydrogen-bond donors (Lipinski definition) is 2. The lowest BCUT2D eigenvalue weighted by Crippen LogP contribution is -2.40. The minimum absolute atomic E-state index is 0.226. The molecule has 1 fully saturated rings. The summed E-state index contributed by atoms with van der Waals surface area (Å²) in [6.45, 7) is 1.40. The second-order valence-electron chi connectivity index (χ2n) is 5.15. The molecule has 1 aliphatic carbocycles. The van der Waals surface area contributed by atoms with Gasteiger partial charge in [0.05, 0.1) is 5.69 Å². The predicted octanol–water partition coefficient (Wildman–Crippen LogP) is 2.52. The molecule has 1 saturated carbocycles. The van der Waals surface area contributed by atoms with Crippen molar-refractivity contribution in [1.82, 2.24) is 0 Å². The molecule has 0 heterocycles. The van der Waals surface area contributed by atoms with Gasteiger partial charge in [-0.2, -0.15) is 0 Å². The maximum absolute atomic E-state index is 12.5. The highest BCUT2D eigenvalue weighted by Gasteiger charge is 2.38. The van der Waals surface area contributed by atoms with Crippen molar-refractivity contribution < 1.29 is 14.7 Å². The number of para-hydroxylation sites is 1. The normalized spacial score (nSPS) is 17.8. The quantitative estimate of drug-likeness (QED) is 0.822. The summed E-state index contributed by atoms with van der Waals surface area (Å²) in [6, 6.07) is 6.83. The maximum Gasteiger partial charge on any atom is 0.221 e. The van der Waals surface area contributed by atoms with Crippen LogP contribution < -0.4 is 5.32 Å². The molecule has 2 N–H and O–H groups in total. The molecule has 2 rings (SSSR count). The average Bonchev–Trinajstić information content (AvgIpc) is 2.39. The molecule has 1 amide bonds. The highest BCUT2D eigenvalue weighted by Crippen LogP contribution is 2.33. The van der Waals surface area contributed by atoms with E-state index in [1.165, 1.54) is 6.92 Å². The summed E-state index contributed by atoms with van der Waals surface area (Å²) in [5, 5.41) is 13.1. The molecular formula is C15H19NO3. The van der Waals surface area contributed by atoms with Crippen LogP contribution in [0.15, 0.2) is 24.3 Å². The van der Waals surface area contributed by atoms with Gasteiger partial charge in [0.15, 0.2) is 5.78 Å². The Labute approximate surface area is 112 Å². The SMILES string of the molecule is CC(=O)Nc1ccccc1C(=O)C1(O)CCCCC1. The summed E-state index contributed by atoms with van der Waals surface area (Å²) < 4.78 is 0. The summed E-state index contributed by atoms with van der Waals surface area (Å²) in [6.07, 6.45) is 3.79. The number of amides is 1. The van der Waals surface area contributed by atoms with Crippen molar-refractivity contribution >= 4 is 17.4 Å². The molecule has 1 aliphatic rings. The first kappa shape index (κ1) is 13.7. The van der Waals surface area contributed by atoms with Crippen molar-refractivity contribution in [3.8, 4) is 0 Å². The van der Waals surface area contributed by atoms with E-state index in [2.05, 4.69) is 5.32 Å². The van der Waals surface area contributed by atoms with Crippen LogP contribution in [0.2, 0.25) is 0 Å². The molecule has 0 aliphatic heterocycles. The lowest BCUT2D eigenvalue weighted by atomic mass is 9.79. The van der Waals surface area contributed by atoms with Crippen LogP contribution in [0.25, 0.3) is 0 Å². The molecule has 0 radical (unpaired) electrons. The molecule has 0 aromatic heterocycles. The van der Waals surface area contributed by atoms with Crippen LogP contribution in [-0.4, -0.2) is 22.4 Å². The molecule has 102 valence electrons. The summed E-state index contributed by atoms with van der Waals surface area (Å²) in [7, 11) is 0. The third kappa shape index (κ3) is 3.01. The molecule has 4 heteroatoms. The van der Waals surface area contributed by atoms with Crippen molar-refractivity contribution in [1.29, 1.82) is 0 Å². The van der Waals surface area contributed by atoms with Gasteiger partial charge >= 0.3 is 0 Å². The number of carbonyl (C=O) groups is 2. The van der Waals surface area contributed by atoms with Crippen molar-refractivity contribution in [3.63, 3.8) is 0 Å². The molecule has 0 spiro atoms. The van der Waals surface area contributed by atoms with Gasteiger partial charge in [0.2, 0.25) is 5.91 Å². The average molecular weight is 261 g/mol. The Morgan fingerprint density at radius 2 is 1.79 bits per heavy atom. The van der Waals surface area contributed by atoms with Crippen molar-refractivity contribution in [3.05, 3.63) is 29.8 Å². The van der Waals surface area contributed by atoms with Crippen LogP contribution in [-0.2, 0) is 4.79 Å². The van der Waals surface area contributed by atoms with Gasteiger partial charge in [-0.05, 0) is 25.0 Å². The topological polar surface area (TPSA) is 66.4 Å². The zero-order valence-corrected chi connectivity index (χ0v) is 11.1. The minimum atomic E-state index is -1.27. The van der Waals surface area contributed by atoms with Gasteiger partial charge in [0, 0.05) is 12.5 Å². The van der Waals surface area contributed by atoms with Crippen LogP contribution in [0.3, 0.4) is 0 Å². The van der Waals surface area contributed by atoms with Gasteiger partial charge in [-0.3, -0.25) is 9.59 Å². The lowest BCUT2D eigenvalue weighted by molar-refractivity contribution is -0.114. The minimum Gasteiger partial charge on any atom is -0.382 e. The van der Waals surface area contributed by atoms with Crippen LogP contribution in [0, 0.1) is 0 Å². The maximum atomic E-state index is 12.5. The van der Waals surface area contributed by atoms with E-state index in [-0.39, 0.29) is 11.7 Å². The summed E-state index contributed by atoms with van der Waals surface area (Å²) in [4.78, 5) is 23.7. The molecule has 4 nitrogen and oxygen atoms in total. The van der Waals surface area contributed by atoms with E-state index in [1.807, 2.05) is 0 Å². The van der Waals surface area contributed by atoms with Crippen LogP contribution in [0.1, 0.15) is 49.4 Å². The first-order valence-corrected chi connectivity index (χ1v) is 6.67. The van der Waals surface area contributed by atoms with Crippen molar-refractivity contribution in [2.24, 2.45) is 0 Å². The summed E-state index contributed by atoms with van der Waals surface area (Å²) >= 11 is 0. The molecule has 1 aromatic rings. The largest absolute Gasteiger partial charge is 0.382 e. The number of ketones is 1. The number of rotatable bonds is 3. The predicted molar refractivity (Wildman–Crippen MR) is 73.1 cm³/mol. The van der Waals surface area contributed by atoms with E-state index in [9.17, 15) is 14.7 Å². The van der Waals surface area contributed by atoms with E-state index in [0.717, 1.165) is 19.3 Å². The number of benzene rings is 1. The highest BCUT2D eigenvalue weighted by molar-refractivity contribution is 6.08. The van der Waals surface area contributed by atoms with Gasteiger partial charge < -0.3 is 10.4 Å². The van der Waals surface area contributed by atoms with E-state index in [4.69, 9.17) is 0 Å². The van der Waals surface area contributed by atoms with Crippen LogP contribution in [0.5, 0.6) is 0 Å². The van der Waals surface area contributed by atoms with E-state index in [1.54, 1.807) is 24.3 Å². The zero-order chi connectivity index (χ0) is 13.9. The fourth-order valence-corrected chi connectivity index (χ4v) is 2.59. The zero-order valence-electron chi connectivity index (χ0n) is 11.1. The van der Waals surface area contributed by atoms with Gasteiger partial charge in [-0.15, -0.1) is 0 Å². The first-order valence-electron chi connectivity index (χ1n) is 6.67. The smallest absolute Gasteiger partial charge is 0.221 e. The van der Waals surface area contributed by atoms with Gasteiger partial charge in [-0.1, -0.05) is 31.4 Å². The third-order valence-electron chi connectivity index (χ3n) is 3.59. The number of anilines is 1. The number of carbonyl (C=O) groups excluding carboxylic acids is 2. The van der Waals surface area contributed by atoms with E-state index >= 15 is 0 Å². The van der Waals surface area contributed by atoms with E-state index in [0.29, 0.717) is 24.1 Å². The van der Waals surface area contributed by atoms with Gasteiger partial charge in [0.25, 0.3) is 0 Å². The molecule has 1 aromatic carbocycles. The Hall–Kier alpha value is -1.68. The lowest BCUT2D eigenvalue weighted by Gasteiger charge is -2.31. The van der Waals surface area contributed by atoms with Crippen LogP contribution in [0.4, 0.5) is 5.69 Å². The molecular weight excluding hydrogens is 242 g/mol. The Morgan fingerprint density at radius 1 is 1.16 bits per heavy atom. The highest BCUT2D eigenvalue weighted by atomic mass is 16.3. The fourth-order valence-electron chi connectivity index (χ4n) is 2.59. The monoisotopic (exact) mass is 261 g/mol. The Balaban J connectivity index is 2.30. The Morgan fingerprint density at radius 3 is 2.42 bits per heavy atom. The molecule has 0 unspecified atom stereocenters. The van der Waals surface area contributed by atoms with Crippen molar-refractivity contribution in [2.75, 3.05) is 5.32 Å². The van der Waals surface area contributed by atoms with Gasteiger partial charge in [-0.25, -0.2) is 0 Å². The summed E-state index contributed by atoms with van der Waals surface area (Å²) in [5.74, 6) is -0.507. The van der Waals surface area contributed by atoms with Crippen molar-refractivity contribution in [2.45, 2.75) is 44.6 Å². The second kappa shape index (κ2) is 5.53. The van der Waals surface area contributed by atoms with E-state index < -0.39 is 5.60 Å². The second-order valence-corrected chi connectivity index (χ2v) is 5.15. The van der Waals surface area contributed by atoms with Crippen LogP contribution >= 0.6 is 0 Å². The number of hydrogen-bond acceptors (Lipinski definition) is 3. The number of nitrogens with one attached hydrogen (secondary N) is 1.